The maximum atomic E-state index is 11.7. The third kappa shape index (κ3) is 3.98. The van der Waals surface area contributed by atoms with E-state index in [-0.39, 0.29) is 11.0 Å². The third-order valence-electron chi connectivity index (χ3n) is 6.54. The summed E-state index contributed by atoms with van der Waals surface area (Å²) in [4.78, 5) is 19.6. The quantitative estimate of drug-likeness (QED) is 0.595. The van der Waals surface area contributed by atoms with Crippen molar-refractivity contribution in [1.29, 1.82) is 0 Å². The fraction of sp³-hybridized carbons (Fsp3) is 0.320. The number of benzene rings is 1. The summed E-state index contributed by atoms with van der Waals surface area (Å²) < 4.78 is 1.80. The molecule has 1 saturated heterocycles. The number of fused-ring (bicyclic) bond motifs is 1. The molecular formula is C25H26N4O2S. The number of hydrogen-bond donors (Lipinski definition) is 1. The molecule has 2 aliphatic heterocycles. The molecule has 0 amide bonds. The van der Waals surface area contributed by atoms with E-state index in [0.717, 1.165) is 46.3 Å². The first-order valence-corrected chi connectivity index (χ1v) is 11.7. The van der Waals surface area contributed by atoms with Gasteiger partial charge in [-0.05, 0) is 48.2 Å². The zero-order chi connectivity index (χ0) is 22.3. The van der Waals surface area contributed by atoms with Crippen LogP contribution in [0.2, 0.25) is 0 Å². The van der Waals surface area contributed by atoms with Crippen LogP contribution >= 0.6 is 11.8 Å². The van der Waals surface area contributed by atoms with E-state index in [1.54, 1.807) is 10.8 Å². The van der Waals surface area contributed by atoms with Gasteiger partial charge in [0.15, 0.2) is 10.9 Å². The Bertz CT molecular complexity index is 1160. The van der Waals surface area contributed by atoms with Gasteiger partial charge in [0.05, 0.1) is 23.2 Å². The van der Waals surface area contributed by atoms with E-state index in [9.17, 15) is 9.90 Å². The van der Waals surface area contributed by atoms with Gasteiger partial charge >= 0.3 is 0 Å². The summed E-state index contributed by atoms with van der Waals surface area (Å²) in [5.41, 5.74) is 3.53. The highest BCUT2D eigenvalue weighted by atomic mass is 32.2. The smallest absolute Gasteiger partial charge is 0.198 e. The second-order valence-corrected chi connectivity index (χ2v) is 9.69. The van der Waals surface area contributed by atoms with Crippen LogP contribution in [0.15, 0.2) is 66.3 Å². The molecule has 1 aromatic carbocycles. The number of anilines is 1. The van der Waals surface area contributed by atoms with Crippen LogP contribution in [-0.4, -0.2) is 43.7 Å². The second-order valence-electron chi connectivity index (χ2n) is 8.59. The lowest BCUT2D eigenvalue weighted by atomic mass is 9.91. The van der Waals surface area contributed by atoms with Crippen molar-refractivity contribution in [1.82, 2.24) is 14.8 Å². The Morgan fingerprint density at radius 2 is 2.03 bits per heavy atom. The molecule has 0 saturated carbocycles. The minimum absolute atomic E-state index is 0.120. The van der Waals surface area contributed by atoms with Gasteiger partial charge < -0.3 is 10.0 Å². The molecular weight excluding hydrogens is 420 g/mol. The van der Waals surface area contributed by atoms with Crippen LogP contribution in [0.1, 0.15) is 42.5 Å². The number of aliphatic hydroxyl groups is 1. The molecule has 164 valence electrons. The molecule has 32 heavy (non-hydrogen) atoms. The number of nitrogens with zero attached hydrogens (tertiary/aromatic N) is 4. The third-order valence-corrected chi connectivity index (χ3v) is 7.52. The zero-order valence-electron chi connectivity index (χ0n) is 18.1. The largest absolute Gasteiger partial charge is 0.386 e. The van der Waals surface area contributed by atoms with Crippen molar-refractivity contribution in [3.63, 3.8) is 0 Å². The molecule has 1 fully saturated rings. The van der Waals surface area contributed by atoms with Gasteiger partial charge in [0.1, 0.15) is 0 Å². The Balaban J connectivity index is 1.29. The molecule has 0 aliphatic carbocycles. The van der Waals surface area contributed by atoms with E-state index in [2.05, 4.69) is 47.7 Å². The molecule has 1 unspecified atom stereocenters. The van der Waals surface area contributed by atoms with Gasteiger partial charge in [0.25, 0.3) is 0 Å². The number of carbonyl (C=O) groups excluding carboxylic acids is 1. The zero-order valence-corrected chi connectivity index (χ0v) is 18.9. The van der Waals surface area contributed by atoms with Crippen LogP contribution in [-0.2, 0) is 11.2 Å². The van der Waals surface area contributed by atoms with Crippen LogP contribution in [0.3, 0.4) is 0 Å². The van der Waals surface area contributed by atoms with E-state index >= 15 is 0 Å². The van der Waals surface area contributed by atoms with Crippen molar-refractivity contribution < 1.29 is 9.90 Å². The van der Waals surface area contributed by atoms with Crippen LogP contribution in [0.4, 0.5) is 5.69 Å². The summed E-state index contributed by atoms with van der Waals surface area (Å²) in [5.74, 6) is 0.885. The SMILES string of the molecule is C=CC1(O)CCN(c2ccc(-n3ccc(C(C)c4ccc5c(c4)SC(=O)C5)n3)nc2)CC1. The summed E-state index contributed by atoms with van der Waals surface area (Å²) in [5, 5.41) is 15.3. The second kappa shape index (κ2) is 8.22. The fourth-order valence-corrected chi connectivity index (χ4v) is 5.26. The molecule has 0 radical (unpaired) electrons. The Kier molecular flexibility index (Phi) is 5.39. The first-order valence-electron chi connectivity index (χ1n) is 10.9. The molecule has 4 heterocycles. The molecule has 1 atom stereocenters. The molecule has 0 spiro atoms. The minimum Gasteiger partial charge on any atom is -0.386 e. The highest BCUT2D eigenvalue weighted by Gasteiger charge is 2.29. The van der Waals surface area contributed by atoms with E-state index in [4.69, 9.17) is 5.10 Å². The number of rotatable bonds is 5. The monoisotopic (exact) mass is 446 g/mol. The van der Waals surface area contributed by atoms with Gasteiger partial charge in [-0.2, -0.15) is 5.10 Å². The van der Waals surface area contributed by atoms with Crippen molar-refractivity contribution in [3.8, 4) is 5.82 Å². The maximum Gasteiger partial charge on any atom is 0.198 e. The highest BCUT2D eigenvalue weighted by Crippen LogP contribution is 2.36. The van der Waals surface area contributed by atoms with Gasteiger partial charge in [0.2, 0.25) is 0 Å². The molecule has 1 N–H and O–H groups in total. The Hall–Kier alpha value is -2.90. The van der Waals surface area contributed by atoms with Crippen LogP contribution in [0.5, 0.6) is 0 Å². The maximum absolute atomic E-state index is 11.7. The lowest BCUT2D eigenvalue weighted by Gasteiger charge is -2.37. The molecule has 0 bridgehead atoms. The van der Waals surface area contributed by atoms with E-state index in [0.29, 0.717) is 19.3 Å². The number of hydrogen-bond acceptors (Lipinski definition) is 6. The van der Waals surface area contributed by atoms with Crippen LogP contribution in [0, 0.1) is 0 Å². The van der Waals surface area contributed by atoms with Gasteiger partial charge in [-0.25, -0.2) is 9.67 Å². The topological polar surface area (TPSA) is 71.2 Å². The lowest BCUT2D eigenvalue weighted by molar-refractivity contribution is -0.110. The first kappa shape index (κ1) is 21.0. The summed E-state index contributed by atoms with van der Waals surface area (Å²) in [6.45, 7) is 7.43. The van der Waals surface area contributed by atoms with Crippen molar-refractivity contribution in [2.24, 2.45) is 0 Å². The predicted molar refractivity (Wildman–Crippen MR) is 126 cm³/mol. The summed E-state index contributed by atoms with van der Waals surface area (Å²) in [6.07, 6.45) is 7.33. The van der Waals surface area contributed by atoms with Crippen molar-refractivity contribution in [3.05, 3.63) is 78.3 Å². The Labute approximate surface area is 192 Å². The number of carbonyl (C=O) groups is 1. The molecule has 5 rings (SSSR count). The van der Waals surface area contributed by atoms with Gasteiger partial charge in [-0.15, -0.1) is 6.58 Å². The standard InChI is InChI=1S/C25H26N4O2S/c1-3-25(31)9-12-28(13-10-25)20-6-7-23(26-16-20)29-11-8-21(27-29)17(2)18-4-5-19-15-24(30)32-22(19)14-18/h3-8,11,14,16-17,31H,1,9-10,12-13,15H2,2H3. The van der Waals surface area contributed by atoms with Crippen LogP contribution < -0.4 is 4.90 Å². The van der Waals surface area contributed by atoms with Crippen molar-refractivity contribution in [2.45, 2.75) is 42.6 Å². The average Bonchev–Trinajstić information content (AvgIpc) is 3.45. The minimum atomic E-state index is -0.751. The molecule has 2 aliphatic rings. The molecule has 3 aromatic rings. The highest BCUT2D eigenvalue weighted by molar-refractivity contribution is 8.14. The van der Waals surface area contributed by atoms with Crippen molar-refractivity contribution in [2.75, 3.05) is 18.0 Å². The molecule has 6 nitrogen and oxygen atoms in total. The Morgan fingerprint density at radius 3 is 2.75 bits per heavy atom. The van der Waals surface area contributed by atoms with Gasteiger partial charge in [-0.3, -0.25) is 4.79 Å². The average molecular weight is 447 g/mol. The van der Waals surface area contributed by atoms with Crippen LogP contribution in [0.25, 0.3) is 5.82 Å². The number of piperidine rings is 1. The Morgan fingerprint density at radius 1 is 1.22 bits per heavy atom. The number of aromatic nitrogens is 3. The van der Waals surface area contributed by atoms with E-state index < -0.39 is 5.60 Å². The fourth-order valence-electron chi connectivity index (χ4n) is 4.32. The summed E-state index contributed by atoms with van der Waals surface area (Å²) >= 11 is 1.34. The number of thioether (sulfide) groups is 1. The van der Waals surface area contributed by atoms with Gasteiger partial charge in [-0.1, -0.05) is 36.9 Å². The van der Waals surface area contributed by atoms with Gasteiger partial charge in [0, 0.05) is 36.5 Å². The molecule has 2 aromatic heterocycles. The summed E-state index contributed by atoms with van der Waals surface area (Å²) in [6, 6.07) is 12.3. The van der Waals surface area contributed by atoms with E-state index in [1.807, 2.05) is 24.5 Å². The van der Waals surface area contributed by atoms with E-state index in [1.165, 1.54) is 11.8 Å². The summed E-state index contributed by atoms with van der Waals surface area (Å²) in [7, 11) is 0. The molecule has 7 heteroatoms. The predicted octanol–water partition coefficient (Wildman–Crippen LogP) is 4.11. The van der Waals surface area contributed by atoms with Crippen molar-refractivity contribution >= 4 is 22.6 Å². The number of pyridine rings is 1. The first-order chi connectivity index (χ1) is 15.4. The normalized spacial score (nSPS) is 18.4. The lowest BCUT2D eigenvalue weighted by Crippen LogP contribution is -2.43.